The van der Waals surface area contributed by atoms with Crippen LogP contribution in [-0.4, -0.2) is 47.1 Å². The molecule has 150 valence electrons. The van der Waals surface area contributed by atoms with Gasteiger partial charge in [0.2, 0.25) is 5.91 Å². The van der Waals surface area contributed by atoms with Gasteiger partial charge in [-0.05, 0) is 54.8 Å². The van der Waals surface area contributed by atoms with Crippen molar-refractivity contribution in [1.82, 2.24) is 10.3 Å². The van der Waals surface area contributed by atoms with E-state index in [0.717, 1.165) is 0 Å². The summed E-state index contributed by atoms with van der Waals surface area (Å²) in [4.78, 5) is 37.4. The number of rotatable bonds is 5. The van der Waals surface area contributed by atoms with Crippen molar-refractivity contribution in [2.45, 2.75) is 12.8 Å². The van der Waals surface area contributed by atoms with Gasteiger partial charge in [0.1, 0.15) is 0 Å². The molecular weight excluding hydrogens is 394 g/mol. The fourth-order valence-electron chi connectivity index (χ4n) is 3.09. The third-order valence-corrected chi connectivity index (χ3v) is 5.04. The molecule has 2 N–H and O–H groups in total. The number of halogens is 1. The highest BCUT2D eigenvalue weighted by atomic mass is 35.5. The summed E-state index contributed by atoms with van der Waals surface area (Å²) < 4.78 is 0. The molecule has 29 heavy (non-hydrogen) atoms. The van der Waals surface area contributed by atoms with E-state index in [1.54, 1.807) is 41.3 Å². The smallest absolute Gasteiger partial charge is 0.335 e. The number of aromatic carboxylic acids is 1. The van der Waals surface area contributed by atoms with Crippen LogP contribution in [0.2, 0.25) is 5.02 Å². The molecule has 1 saturated heterocycles. The lowest BCUT2D eigenvalue weighted by Crippen LogP contribution is -2.42. The van der Waals surface area contributed by atoms with Crippen LogP contribution in [-0.2, 0) is 4.79 Å². The van der Waals surface area contributed by atoms with E-state index in [0.29, 0.717) is 42.1 Å². The lowest BCUT2D eigenvalue weighted by atomic mass is 9.95. The second kappa shape index (κ2) is 9.34. The molecule has 0 atom stereocenters. The highest BCUT2D eigenvalue weighted by molar-refractivity contribution is 6.30. The number of carbonyl (C=O) groups is 3. The average Bonchev–Trinajstić information content (AvgIpc) is 2.74. The molecule has 0 spiro atoms. The van der Waals surface area contributed by atoms with Gasteiger partial charge in [-0.1, -0.05) is 23.7 Å². The molecule has 1 fully saturated rings. The van der Waals surface area contributed by atoms with Crippen molar-refractivity contribution < 1.29 is 19.5 Å². The van der Waals surface area contributed by atoms with Crippen LogP contribution in [0.5, 0.6) is 0 Å². The van der Waals surface area contributed by atoms with Crippen LogP contribution in [0.4, 0.5) is 0 Å². The Kier molecular flexibility index (Phi) is 6.61. The van der Waals surface area contributed by atoms with Gasteiger partial charge in [0.25, 0.3) is 5.91 Å². The van der Waals surface area contributed by atoms with E-state index in [9.17, 15) is 14.4 Å². The van der Waals surface area contributed by atoms with Crippen LogP contribution in [0.25, 0.3) is 0 Å². The Bertz CT molecular complexity index is 918. The molecule has 0 bridgehead atoms. The normalized spacial score (nSPS) is 14.7. The van der Waals surface area contributed by atoms with Crippen molar-refractivity contribution in [2.24, 2.45) is 11.0 Å². The Morgan fingerprint density at radius 2 is 1.59 bits per heavy atom. The summed E-state index contributed by atoms with van der Waals surface area (Å²) in [6.45, 7) is 1.000. The van der Waals surface area contributed by atoms with Gasteiger partial charge in [-0.25, -0.2) is 10.2 Å². The Labute approximate surface area is 173 Å². The van der Waals surface area contributed by atoms with Gasteiger partial charge in [0, 0.05) is 29.6 Å². The van der Waals surface area contributed by atoms with E-state index in [1.807, 2.05) is 0 Å². The number of likely N-dealkylation sites (tertiary alicyclic amines) is 1. The molecule has 0 aromatic heterocycles. The van der Waals surface area contributed by atoms with Gasteiger partial charge in [0.05, 0.1) is 11.8 Å². The van der Waals surface area contributed by atoms with Crippen LogP contribution in [0, 0.1) is 5.92 Å². The Balaban J connectivity index is 1.47. The molecule has 8 heteroatoms. The molecule has 2 aromatic carbocycles. The number of carboxylic acid groups (broad SMARTS) is 1. The van der Waals surface area contributed by atoms with Gasteiger partial charge in [-0.2, -0.15) is 5.10 Å². The number of carboxylic acids is 1. The predicted octanol–water partition coefficient (Wildman–Crippen LogP) is 3.04. The van der Waals surface area contributed by atoms with Crippen molar-refractivity contribution in [3.63, 3.8) is 0 Å². The van der Waals surface area contributed by atoms with Crippen LogP contribution < -0.4 is 5.43 Å². The number of carbonyl (C=O) groups excluding carboxylic acids is 2. The minimum absolute atomic E-state index is 0.0663. The van der Waals surface area contributed by atoms with Crippen LogP contribution in [0.1, 0.15) is 39.1 Å². The SMILES string of the molecule is O=C(O)c1ccc(/C=N\NC(=O)C2CCN(C(=O)c3ccc(Cl)cc3)CC2)cc1. The van der Waals surface area contributed by atoms with E-state index >= 15 is 0 Å². The van der Waals surface area contributed by atoms with Crippen molar-refractivity contribution in [2.75, 3.05) is 13.1 Å². The number of nitrogens with zero attached hydrogens (tertiary/aromatic N) is 2. The van der Waals surface area contributed by atoms with Gasteiger partial charge >= 0.3 is 5.97 Å². The number of hydrazone groups is 1. The third-order valence-electron chi connectivity index (χ3n) is 4.79. The van der Waals surface area contributed by atoms with Crippen molar-refractivity contribution in [3.8, 4) is 0 Å². The number of benzene rings is 2. The summed E-state index contributed by atoms with van der Waals surface area (Å²) in [7, 11) is 0. The molecule has 3 rings (SSSR count). The fourth-order valence-corrected chi connectivity index (χ4v) is 3.22. The minimum Gasteiger partial charge on any atom is -0.478 e. The zero-order chi connectivity index (χ0) is 20.8. The summed E-state index contributed by atoms with van der Waals surface area (Å²) in [6.07, 6.45) is 2.59. The van der Waals surface area contributed by atoms with E-state index in [2.05, 4.69) is 10.5 Å². The summed E-state index contributed by atoms with van der Waals surface area (Å²) in [5, 5.41) is 13.4. The Morgan fingerprint density at radius 3 is 2.17 bits per heavy atom. The highest BCUT2D eigenvalue weighted by Gasteiger charge is 2.27. The molecule has 2 aromatic rings. The van der Waals surface area contributed by atoms with Gasteiger partial charge < -0.3 is 10.0 Å². The molecule has 0 aliphatic carbocycles. The maximum Gasteiger partial charge on any atom is 0.335 e. The van der Waals surface area contributed by atoms with E-state index in [4.69, 9.17) is 16.7 Å². The monoisotopic (exact) mass is 413 g/mol. The Morgan fingerprint density at radius 1 is 1.00 bits per heavy atom. The molecule has 7 nitrogen and oxygen atoms in total. The first-order valence-corrected chi connectivity index (χ1v) is 9.53. The fraction of sp³-hybridized carbons (Fsp3) is 0.238. The zero-order valence-electron chi connectivity index (χ0n) is 15.5. The Hall–Kier alpha value is -3.19. The molecule has 0 saturated carbocycles. The van der Waals surface area contributed by atoms with E-state index < -0.39 is 5.97 Å². The van der Waals surface area contributed by atoms with Gasteiger partial charge in [-0.3, -0.25) is 9.59 Å². The molecule has 1 aliphatic rings. The van der Waals surface area contributed by atoms with E-state index in [-0.39, 0.29) is 23.3 Å². The summed E-state index contributed by atoms with van der Waals surface area (Å²) in [5.74, 6) is -1.47. The number of nitrogens with one attached hydrogen (secondary N) is 1. The van der Waals surface area contributed by atoms with Crippen LogP contribution >= 0.6 is 11.6 Å². The van der Waals surface area contributed by atoms with Crippen molar-refractivity contribution >= 4 is 35.6 Å². The van der Waals surface area contributed by atoms with Gasteiger partial charge in [0.15, 0.2) is 0 Å². The lowest BCUT2D eigenvalue weighted by molar-refractivity contribution is -0.126. The van der Waals surface area contributed by atoms with Crippen molar-refractivity contribution in [1.29, 1.82) is 0 Å². The molecule has 0 unspecified atom stereocenters. The molecule has 0 radical (unpaired) electrons. The summed E-state index contributed by atoms with van der Waals surface area (Å²) >= 11 is 5.85. The highest BCUT2D eigenvalue weighted by Crippen LogP contribution is 2.20. The first kappa shape index (κ1) is 20.5. The van der Waals surface area contributed by atoms with Crippen LogP contribution in [0.15, 0.2) is 53.6 Å². The van der Waals surface area contributed by atoms with Crippen LogP contribution in [0.3, 0.4) is 0 Å². The summed E-state index contributed by atoms with van der Waals surface area (Å²) in [5.41, 5.74) is 3.96. The number of hydrogen-bond acceptors (Lipinski definition) is 4. The molecule has 1 heterocycles. The maximum atomic E-state index is 12.5. The zero-order valence-corrected chi connectivity index (χ0v) is 16.3. The molecule has 1 aliphatic heterocycles. The summed E-state index contributed by atoms with van der Waals surface area (Å²) in [6, 6.07) is 12.9. The van der Waals surface area contributed by atoms with E-state index in [1.165, 1.54) is 18.3 Å². The topological polar surface area (TPSA) is 99.1 Å². The number of amides is 2. The lowest BCUT2D eigenvalue weighted by Gasteiger charge is -2.31. The largest absolute Gasteiger partial charge is 0.478 e. The quantitative estimate of drug-likeness (QED) is 0.581. The van der Waals surface area contributed by atoms with Crippen molar-refractivity contribution in [3.05, 3.63) is 70.2 Å². The minimum atomic E-state index is -0.998. The standard InChI is InChI=1S/C21H20ClN3O4/c22-18-7-5-16(6-8-18)20(27)25-11-9-15(10-12-25)19(26)24-23-13-14-1-3-17(4-2-14)21(28)29/h1-8,13,15H,9-12H2,(H,24,26)(H,28,29)/b23-13-. The predicted molar refractivity (Wildman–Crippen MR) is 109 cm³/mol. The third kappa shape index (κ3) is 5.42. The first-order chi connectivity index (χ1) is 13.9. The first-order valence-electron chi connectivity index (χ1n) is 9.15. The average molecular weight is 414 g/mol. The maximum absolute atomic E-state index is 12.5. The second-order valence-electron chi connectivity index (χ2n) is 6.73. The van der Waals surface area contributed by atoms with Gasteiger partial charge in [-0.15, -0.1) is 0 Å². The number of piperidine rings is 1. The second-order valence-corrected chi connectivity index (χ2v) is 7.17. The molecular formula is C21H20ClN3O4. The molecule has 2 amide bonds. The number of hydrogen-bond donors (Lipinski definition) is 2.